The summed E-state index contributed by atoms with van der Waals surface area (Å²) in [6.07, 6.45) is 5.43. The predicted octanol–water partition coefficient (Wildman–Crippen LogP) is 5.19. The van der Waals surface area contributed by atoms with Crippen molar-refractivity contribution in [3.05, 3.63) is 23.3 Å². The molecule has 0 aromatic heterocycles. The number of hydrogen-bond acceptors (Lipinski definition) is 6. The molecule has 8 heteroatoms. The SMILES string of the molecule is CC(=O)O[C@@H]1CC[C@@]2(C)[C@@H](CC=C3[C@@H]2CC[C@@]2(C)[C@H]([C@H](CC(=O)C=C(C)C)C(=O)O)[C@@H](O)C[C@]32C)[C@]1(C)C(=O)O. The number of allylic oxidation sites excluding steroid dienone is 4. The lowest BCUT2D eigenvalue weighted by Crippen LogP contribution is -2.61. The van der Waals surface area contributed by atoms with Crippen LogP contribution in [0.2, 0.25) is 0 Å². The van der Waals surface area contributed by atoms with E-state index < -0.39 is 58.2 Å². The first kappa shape index (κ1) is 30.5. The van der Waals surface area contributed by atoms with Crippen LogP contribution in [0.15, 0.2) is 23.3 Å². The van der Waals surface area contributed by atoms with E-state index in [9.17, 15) is 34.5 Å². The van der Waals surface area contributed by atoms with Crippen molar-refractivity contribution < 1.29 is 39.2 Å². The van der Waals surface area contributed by atoms with Crippen LogP contribution < -0.4 is 0 Å². The Morgan fingerprint density at radius 2 is 1.70 bits per heavy atom. The van der Waals surface area contributed by atoms with Crippen molar-refractivity contribution in [1.29, 1.82) is 0 Å². The zero-order valence-electron chi connectivity index (χ0n) is 25.0. The van der Waals surface area contributed by atoms with Gasteiger partial charge in [0.05, 0.1) is 12.0 Å². The van der Waals surface area contributed by atoms with Gasteiger partial charge in [0.15, 0.2) is 5.78 Å². The standard InChI is InChI=1S/C32H46O8/c1-17(2)14-19(34)15-20(27(36)37)26-23(35)16-31(6)22-8-9-24-29(4,21(22)10-13-30(26,31)5)12-11-25(40-18(3)33)32(24,7)28(38)39/h8,14,20-21,23-26,35H,9-13,15-16H2,1-7H3,(H,36,37)(H,38,39)/t20-,21-,23-,24+,25+,26+,29+,30-,31+,32-/m0/s1. The molecule has 40 heavy (non-hydrogen) atoms. The number of aliphatic hydroxyl groups is 1. The van der Waals surface area contributed by atoms with E-state index in [-0.39, 0.29) is 29.5 Å². The second-order valence-electron chi connectivity index (χ2n) is 14.2. The van der Waals surface area contributed by atoms with Crippen LogP contribution in [0.5, 0.6) is 0 Å². The molecule has 0 heterocycles. The number of carbonyl (C=O) groups excluding carboxylic acids is 2. The van der Waals surface area contributed by atoms with E-state index in [0.717, 1.165) is 12.0 Å². The van der Waals surface area contributed by atoms with E-state index in [4.69, 9.17) is 4.74 Å². The van der Waals surface area contributed by atoms with E-state index in [1.807, 2.05) is 0 Å². The number of carboxylic acid groups (broad SMARTS) is 2. The van der Waals surface area contributed by atoms with Crippen LogP contribution in [-0.2, 0) is 23.9 Å². The van der Waals surface area contributed by atoms with E-state index >= 15 is 0 Å². The minimum Gasteiger partial charge on any atom is -0.481 e. The zero-order valence-corrected chi connectivity index (χ0v) is 25.0. The summed E-state index contributed by atoms with van der Waals surface area (Å²) < 4.78 is 5.58. The number of esters is 1. The number of ether oxygens (including phenoxy) is 1. The first-order chi connectivity index (χ1) is 18.4. The monoisotopic (exact) mass is 558 g/mol. The molecule has 0 spiro atoms. The van der Waals surface area contributed by atoms with Crippen molar-refractivity contribution in [3.63, 3.8) is 0 Å². The molecule has 0 aliphatic heterocycles. The molecule has 0 saturated heterocycles. The summed E-state index contributed by atoms with van der Waals surface area (Å²) >= 11 is 0. The quantitative estimate of drug-likeness (QED) is 0.221. The van der Waals surface area contributed by atoms with E-state index in [2.05, 4.69) is 26.8 Å². The summed E-state index contributed by atoms with van der Waals surface area (Å²) in [6, 6.07) is 0. The molecular formula is C32H46O8. The van der Waals surface area contributed by atoms with Crippen LogP contribution in [0.3, 0.4) is 0 Å². The maximum atomic E-state index is 12.8. The van der Waals surface area contributed by atoms with Crippen LogP contribution in [0.1, 0.15) is 93.4 Å². The third-order valence-electron chi connectivity index (χ3n) is 11.9. The molecule has 4 aliphatic carbocycles. The van der Waals surface area contributed by atoms with Crippen LogP contribution in [0, 0.1) is 45.3 Å². The van der Waals surface area contributed by atoms with E-state index in [1.54, 1.807) is 20.8 Å². The smallest absolute Gasteiger partial charge is 0.313 e. The van der Waals surface area contributed by atoms with E-state index in [0.29, 0.717) is 32.1 Å². The molecule has 0 radical (unpaired) electrons. The van der Waals surface area contributed by atoms with Gasteiger partial charge in [0, 0.05) is 19.3 Å². The molecule has 4 rings (SSSR count). The van der Waals surface area contributed by atoms with Gasteiger partial charge in [0.2, 0.25) is 0 Å². The van der Waals surface area contributed by atoms with Crippen LogP contribution >= 0.6 is 0 Å². The molecule has 3 N–H and O–H groups in total. The molecular weight excluding hydrogens is 512 g/mol. The number of rotatable bonds is 7. The summed E-state index contributed by atoms with van der Waals surface area (Å²) in [5, 5.41) is 32.2. The summed E-state index contributed by atoms with van der Waals surface area (Å²) in [4.78, 5) is 49.9. The average Bonchev–Trinajstić information content (AvgIpc) is 3.03. The first-order valence-corrected chi connectivity index (χ1v) is 14.6. The number of fused-ring (bicyclic) bond motifs is 5. The van der Waals surface area contributed by atoms with Gasteiger partial charge in [-0.15, -0.1) is 0 Å². The Kier molecular flexibility index (Phi) is 7.70. The number of carboxylic acids is 2. The highest BCUT2D eigenvalue weighted by atomic mass is 16.5. The van der Waals surface area contributed by atoms with Gasteiger partial charge in [-0.1, -0.05) is 38.0 Å². The zero-order chi connectivity index (χ0) is 30.0. The fourth-order valence-electron chi connectivity index (χ4n) is 9.85. The Bertz CT molecular complexity index is 1170. The fourth-order valence-corrected chi connectivity index (χ4v) is 9.85. The van der Waals surface area contributed by atoms with Gasteiger partial charge < -0.3 is 20.1 Å². The number of aliphatic carboxylic acids is 2. The summed E-state index contributed by atoms with van der Waals surface area (Å²) in [5.74, 6) is -4.48. The predicted molar refractivity (Wildman–Crippen MR) is 148 cm³/mol. The van der Waals surface area contributed by atoms with Crippen LogP contribution in [0.25, 0.3) is 0 Å². The molecule has 3 fully saturated rings. The third kappa shape index (κ3) is 4.36. The first-order valence-electron chi connectivity index (χ1n) is 14.6. The minimum absolute atomic E-state index is 0.0720. The number of hydrogen-bond donors (Lipinski definition) is 3. The molecule has 3 saturated carbocycles. The van der Waals surface area contributed by atoms with E-state index in [1.165, 1.54) is 18.6 Å². The van der Waals surface area contributed by atoms with Crippen molar-refractivity contribution >= 4 is 23.7 Å². The normalized spacial score (nSPS) is 42.8. The van der Waals surface area contributed by atoms with Crippen molar-refractivity contribution in [2.45, 2.75) is 106 Å². The summed E-state index contributed by atoms with van der Waals surface area (Å²) in [6.45, 7) is 13.0. The van der Waals surface area contributed by atoms with Gasteiger partial charge in [0.1, 0.15) is 11.5 Å². The van der Waals surface area contributed by atoms with Gasteiger partial charge in [-0.25, -0.2) is 0 Å². The van der Waals surface area contributed by atoms with Gasteiger partial charge in [-0.3, -0.25) is 19.2 Å². The molecule has 4 aliphatic rings. The van der Waals surface area contributed by atoms with Gasteiger partial charge in [-0.2, -0.15) is 0 Å². The third-order valence-corrected chi connectivity index (χ3v) is 11.9. The van der Waals surface area contributed by atoms with Crippen molar-refractivity contribution in [1.82, 2.24) is 0 Å². The lowest BCUT2D eigenvalue weighted by molar-refractivity contribution is -0.195. The highest BCUT2D eigenvalue weighted by Crippen LogP contribution is 2.73. The van der Waals surface area contributed by atoms with Crippen molar-refractivity contribution in [2.75, 3.05) is 0 Å². The van der Waals surface area contributed by atoms with Crippen molar-refractivity contribution in [3.8, 4) is 0 Å². The second-order valence-corrected chi connectivity index (χ2v) is 14.2. The van der Waals surface area contributed by atoms with Gasteiger partial charge in [-0.05, 0) is 93.5 Å². The summed E-state index contributed by atoms with van der Waals surface area (Å²) in [5.41, 5.74) is -0.623. The Hall–Kier alpha value is -2.48. The largest absolute Gasteiger partial charge is 0.481 e. The lowest BCUT2D eigenvalue weighted by Gasteiger charge is -2.63. The Morgan fingerprint density at radius 1 is 1.05 bits per heavy atom. The topological polar surface area (TPSA) is 138 Å². The second kappa shape index (κ2) is 10.1. The van der Waals surface area contributed by atoms with Crippen LogP contribution in [0.4, 0.5) is 0 Å². The maximum absolute atomic E-state index is 12.8. The average molecular weight is 559 g/mol. The Morgan fingerprint density at radius 3 is 2.25 bits per heavy atom. The Balaban J connectivity index is 1.74. The molecule has 0 aromatic carbocycles. The highest BCUT2D eigenvalue weighted by molar-refractivity contribution is 5.93. The van der Waals surface area contributed by atoms with Gasteiger partial charge >= 0.3 is 17.9 Å². The molecule has 222 valence electrons. The lowest BCUT2D eigenvalue weighted by atomic mass is 9.40. The number of aliphatic hydroxyl groups excluding tert-OH is 1. The molecule has 8 nitrogen and oxygen atoms in total. The highest BCUT2D eigenvalue weighted by Gasteiger charge is 2.70. The molecule has 0 aromatic rings. The molecule has 0 amide bonds. The molecule has 10 atom stereocenters. The number of carbonyl (C=O) groups is 4. The molecule has 0 unspecified atom stereocenters. The van der Waals surface area contributed by atoms with Crippen LogP contribution in [-0.4, -0.2) is 51.2 Å². The van der Waals surface area contributed by atoms with Gasteiger partial charge in [0.25, 0.3) is 0 Å². The number of ketones is 1. The Labute approximate surface area is 237 Å². The van der Waals surface area contributed by atoms with Crippen molar-refractivity contribution in [2.24, 2.45) is 45.3 Å². The minimum atomic E-state index is -1.24. The summed E-state index contributed by atoms with van der Waals surface area (Å²) in [7, 11) is 0. The fraction of sp³-hybridized carbons (Fsp3) is 0.750. The molecule has 0 bridgehead atoms. The maximum Gasteiger partial charge on any atom is 0.313 e.